The Morgan fingerprint density at radius 1 is 1.23 bits per heavy atom. The molecule has 0 spiro atoms. The van der Waals surface area contributed by atoms with Gasteiger partial charge in [-0.3, -0.25) is 0 Å². The van der Waals surface area contributed by atoms with E-state index < -0.39 is 0 Å². The monoisotopic (exact) mass is 406 g/mol. The van der Waals surface area contributed by atoms with Crippen LogP contribution < -0.4 is 15.1 Å². The van der Waals surface area contributed by atoms with Crippen LogP contribution in [0.1, 0.15) is 23.5 Å². The highest BCUT2D eigenvalue weighted by molar-refractivity contribution is 7.80. The molecule has 0 aromatic heterocycles. The maximum Gasteiger partial charge on any atom is 0.178 e. The van der Waals surface area contributed by atoms with Crippen molar-refractivity contribution in [3.8, 4) is 0 Å². The molecule has 136 valence electrons. The second-order valence-electron chi connectivity index (χ2n) is 7.36. The summed E-state index contributed by atoms with van der Waals surface area (Å²) in [7, 11) is 2.28. The Morgan fingerprint density at radius 3 is 2.81 bits per heavy atom. The number of anilines is 2. The standard InChI is InChI=1S/C20H21Cl2N3S/c1-12-3-6-18-14(9-12)15-11-24(2)8-7-19(15)25(18)20(26)23-17-5-4-13(21)10-16(17)22/h3-6,9-10,15,19H,7-8,11H2,1-2H3,(H,23,26)/p+1/t15-,19+/m1/s1. The van der Waals surface area contributed by atoms with Crippen molar-refractivity contribution in [2.45, 2.75) is 25.3 Å². The number of rotatable bonds is 1. The lowest BCUT2D eigenvalue weighted by Gasteiger charge is -2.35. The summed E-state index contributed by atoms with van der Waals surface area (Å²) in [5, 5.41) is 5.23. The highest BCUT2D eigenvalue weighted by Gasteiger charge is 2.44. The molecule has 6 heteroatoms. The van der Waals surface area contributed by atoms with Gasteiger partial charge in [0.15, 0.2) is 5.11 Å². The molecule has 1 fully saturated rings. The van der Waals surface area contributed by atoms with Crippen LogP contribution in [0.5, 0.6) is 0 Å². The van der Waals surface area contributed by atoms with Gasteiger partial charge in [-0.1, -0.05) is 40.9 Å². The molecule has 3 nitrogen and oxygen atoms in total. The summed E-state index contributed by atoms with van der Waals surface area (Å²) in [4.78, 5) is 3.88. The molecule has 0 radical (unpaired) electrons. The lowest BCUT2D eigenvalue weighted by molar-refractivity contribution is -0.886. The van der Waals surface area contributed by atoms with E-state index in [1.165, 1.54) is 16.8 Å². The van der Waals surface area contributed by atoms with E-state index >= 15 is 0 Å². The summed E-state index contributed by atoms with van der Waals surface area (Å²) in [6.45, 7) is 4.46. The van der Waals surface area contributed by atoms with Crippen LogP contribution in [-0.2, 0) is 0 Å². The van der Waals surface area contributed by atoms with Crippen molar-refractivity contribution < 1.29 is 4.90 Å². The van der Waals surface area contributed by atoms with Crippen LogP contribution in [0.3, 0.4) is 0 Å². The van der Waals surface area contributed by atoms with Gasteiger partial charge in [0.05, 0.1) is 42.8 Å². The quantitative estimate of drug-likeness (QED) is 0.700. The highest BCUT2D eigenvalue weighted by Crippen LogP contribution is 2.43. The Balaban J connectivity index is 1.68. The minimum absolute atomic E-state index is 0.404. The van der Waals surface area contributed by atoms with Crippen molar-refractivity contribution in [2.24, 2.45) is 0 Å². The van der Waals surface area contributed by atoms with Gasteiger partial charge in [0.2, 0.25) is 0 Å². The van der Waals surface area contributed by atoms with Crippen LogP contribution >= 0.6 is 35.4 Å². The Bertz CT molecular complexity index is 870. The first-order valence-electron chi connectivity index (χ1n) is 8.91. The van der Waals surface area contributed by atoms with Crippen molar-refractivity contribution in [1.82, 2.24) is 0 Å². The second kappa shape index (κ2) is 7.01. The van der Waals surface area contributed by atoms with Gasteiger partial charge in [-0.25, -0.2) is 0 Å². The Labute approximate surface area is 169 Å². The van der Waals surface area contributed by atoms with Crippen molar-refractivity contribution in [2.75, 3.05) is 30.4 Å². The molecule has 0 saturated carbocycles. The molecule has 2 aliphatic rings. The third-order valence-corrected chi connectivity index (χ3v) is 6.31. The number of likely N-dealkylation sites (N-methyl/N-ethyl adjacent to an activating group) is 1. The van der Waals surface area contributed by atoms with E-state index in [0.717, 1.165) is 25.2 Å². The van der Waals surface area contributed by atoms with Gasteiger partial charge < -0.3 is 15.1 Å². The number of benzene rings is 2. The maximum atomic E-state index is 6.33. The van der Waals surface area contributed by atoms with Gasteiger partial charge in [0.25, 0.3) is 0 Å². The lowest BCUT2D eigenvalue weighted by Crippen LogP contribution is -3.11. The number of piperidine rings is 1. The van der Waals surface area contributed by atoms with Gasteiger partial charge >= 0.3 is 0 Å². The minimum Gasteiger partial charge on any atom is -0.337 e. The van der Waals surface area contributed by atoms with E-state index in [0.29, 0.717) is 27.1 Å². The van der Waals surface area contributed by atoms with E-state index in [1.54, 1.807) is 11.0 Å². The van der Waals surface area contributed by atoms with E-state index in [1.807, 2.05) is 12.1 Å². The fourth-order valence-electron chi connectivity index (χ4n) is 4.23. The molecule has 2 aromatic carbocycles. The van der Waals surface area contributed by atoms with Crippen molar-refractivity contribution in [3.05, 3.63) is 57.6 Å². The fourth-order valence-corrected chi connectivity index (χ4v) is 5.03. The Morgan fingerprint density at radius 2 is 2.04 bits per heavy atom. The predicted molar refractivity (Wildman–Crippen MR) is 114 cm³/mol. The molecule has 1 unspecified atom stereocenters. The number of aryl methyl sites for hydroxylation is 1. The van der Waals surface area contributed by atoms with Gasteiger partial charge in [-0.05, 0) is 49.0 Å². The number of thiocarbonyl (C=S) groups is 1. The molecule has 2 N–H and O–H groups in total. The van der Waals surface area contributed by atoms with E-state index in [9.17, 15) is 0 Å². The number of nitrogens with one attached hydrogen (secondary N) is 2. The summed E-state index contributed by atoms with van der Waals surface area (Å²) in [5.41, 5.74) is 4.73. The normalized spacial score (nSPS) is 24.2. The van der Waals surface area contributed by atoms with Crippen molar-refractivity contribution >= 4 is 51.9 Å². The first-order valence-corrected chi connectivity index (χ1v) is 10.1. The number of likely N-dealkylation sites (tertiary alicyclic amines) is 1. The number of fused-ring (bicyclic) bond motifs is 3. The zero-order chi connectivity index (χ0) is 18.4. The maximum absolute atomic E-state index is 6.33. The van der Waals surface area contributed by atoms with Crippen LogP contribution in [0.25, 0.3) is 0 Å². The average Bonchev–Trinajstić information content (AvgIpc) is 2.90. The lowest BCUT2D eigenvalue weighted by atomic mass is 9.89. The third-order valence-electron chi connectivity index (χ3n) is 5.46. The summed E-state index contributed by atoms with van der Waals surface area (Å²) in [5.74, 6) is 0.513. The third kappa shape index (κ3) is 3.20. The second-order valence-corrected chi connectivity index (χ2v) is 8.59. The minimum atomic E-state index is 0.404. The van der Waals surface area contributed by atoms with Crippen LogP contribution in [0.2, 0.25) is 10.0 Å². The van der Waals surface area contributed by atoms with Crippen molar-refractivity contribution in [1.29, 1.82) is 0 Å². The zero-order valence-corrected chi connectivity index (χ0v) is 17.2. The average molecular weight is 407 g/mol. The number of hydrogen-bond acceptors (Lipinski definition) is 1. The largest absolute Gasteiger partial charge is 0.337 e. The first-order chi connectivity index (χ1) is 12.4. The first kappa shape index (κ1) is 18.1. The molecular weight excluding hydrogens is 385 g/mol. The van der Waals surface area contributed by atoms with Gasteiger partial charge in [0.1, 0.15) is 0 Å². The smallest absolute Gasteiger partial charge is 0.178 e. The number of halogens is 2. The summed E-state index contributed by atoms with van der Waals surface area (Å²) >= 11 is 18.2. The van der Waals surface area contributed by atoms with Crippen LogP contribution in [0, 0.1) is 6.92 Å². The van der Waals surface area contributed by atoms with E-state index in [-0.39, 0.29) is 0 Å². The molecule has 26 heavy (non-hydrogen) atoms. The molecule has 2 aromatic rings. The molecule has 2 aliphatic heterocycles. The number of nitrogens with zero attached hydrogens (tertiary/aromatic N) is 1. The molecule has 1 saturated heterocycles. The topological polar surface area (TPSA) is 19.7 Å². The van der Waals surface area contributed by atoms with E-state index in [2.05, 4.69) is 42.4 Å². The molecule has 0 bridgehead atoms. The fraction of sp³-hybridized carbons (Fsp3) is 0.350. The predicted octanol–water partition coefficient (Wildman–Crippen LogP) is 3.89. The van der Waals surface area contributed by atoms with Crippen LogP contribution in [-0.4, -0.2) is 31.3 Å². The molecule has 4 rings (SSSR count). The molecule has 2 heterocycles. The molecule has 3 atom stereocenters. The zero-order valence-electron chi connectivity index (χ0n) is 14.9. The molecule has 0 amide bonds. The number of quaternary nitrogens is 1. The van der Waals surface area contributed by atoms with Gasteiger partial charge in [0, 0.05) is 17.1 Å². The van der Waals surface area contributed by atoms with E-state index in [4.69, 9.17) is 35.4 Å². The number of hydrogen-bond donors (Lipinski definition) is 2. The van der Waals surface area contributed by atoms with Gasteiger partial charge in [-0.15, -0.1) is 0 Å². The molecular formula is C20H22Cl2N3S+. The molecule has 0 aliphatic carbocycles. The van der Waals surface area contributed by atoms with Gasteiger partial charge in [-0.2, -0.15) is 0 Å². The van der Waals surface area contributed by atoms with Crippen LogP contribution in [0.4, 0.5) is 11.4 Å². The Kier molecular flexibility index (Phi) is 4.86. The summed E-state index contributed by atoms with van der Waals surface area (Å²) in [6, 6.07) is 12.5. The van der Waals surface area contributed by atoms with Crippen LogP contribution in [0.15, 0.2) is 36.4 Å². The van der Waals surface area contributed by atoms with Crippen molar-refractivity contribution in [3.63, 3.8) is 0 Å². The summed E-state index contributed by atoms with van der Waals surface area (Å²) < 4.78 is 0. The SMILES string of the molecule is Cc1ccc2c(c1)[C@H]1C[NH+](C)CC[C@@H]1N2C(=S)Nc1ccc(Cl)cc1Cl. The Hall–Kier alpha value is -1.33. The highest BCUT2D eigenvalue weighted by atomic mass is 35.5. The summed E-state index contributed by atoms with van der Waals surface area (Å²) in [6.07, 6.45) is 1.13.